The highest BCUT2D eigenvalue weighted by molar-refractivity contribution is 6.09. The number of nitrogens with one attached hydrogen (secondary N) is 2. The zero-order chi connectivity index (χ0) is 21.0. The Hall–Kier alpha value is -3.47. The lowest BCUT2D eigenvalue weighted by Crippen LogP contribution is -2.17. The Balaban J connectivity index is 1.75. The molecular weight excluding hydrogens is 367 g/mol. The van der Waals surface area contributed by atoms with E-state index in [2.05, 4.69) is 31.4 Å². The third-order valence-corrected chi connectivity index (χ3v) is 4.54. The fraction of sp³-hybridized carbons (Fsp3) is 0.167. The minimum atomic E-state index is -0.410. The highest BCUT2D eigenvalue weighted by Gasteiger charge is 2.15. The van der Waals surface area contributed by atoms with Crippen LogP contribution in [0.2, 0.25) is 0 Å². The first-order chi connectivity index (χ1) is 13.7. The van der Waals surface area contributed by atoms with Crippen LogP contribution in [0.1, 0.15) is 47.1 Å². The maximum atomic E-state index is 13.1. The summed E-state index contributed by atoms with van der Waals surface area (Å²) in [5, 5.41) is 5.59. The molecule has 5 heteroatoms. The quantitative estimate of drug-likeness (QED) is 0.607. The Bertz CT molecular complexity index is 1020. The van der Waals surface area contributed by atoms with Crippen LogP contribution in [-0.2, 0) is 5.41 Å². The van der Waals surface area contributed by atoms with Crippen LogP contribution in [0.5, 0.6) is 0 Å². The summed E-state index contributed by atoms with van der Waals surface area (Å²) < 4.78 is 13.1. The third kappa shape index (κ3) is 5.08. The first kappa shape index (κ1) is 20.3. The van der Waals surface area contributed by atoms with Gasteiger partial charge in [-0.25, -0.2) is 4.39 Å². The van der Waals surface area contributed by atoms with Crippen LogP contribution in [0.4, 0.5) is 15.8 Å². The molecular formula is C24H23FN2O2. The Morgan fingerprint density at radius 3 is 1.52 bits per heavy atom. The van der Waals surface area contributed by atoms with Gasteiger partial charge >= 0.3 is 0 Å². The molecule has 0 fully saturated rings. The molecule has 2 N–H and O–H groups in total. The molecule has 0 atom stereocenters. The van der Waals surface area contributed by atoms with Crippen LogP contribution in [0.3, 0.4) is 0 Å². The van der Waals surface area contributed by atoms with E-state index in [0.717, 1.165) is 5.56 Å². The van der Waals surface area contributed by atoms with Crippen LogP contribution >= 0.6 is 0 Å². The number of para-hydroxylation sites is 2. The fourth-order valence-corrected chi connectivity index (χ4v) is 2.81. The average Bonchev–Trinajstić information content (AvgIpc) is 2.69. The standard InChI is InChI=1S/C24H23FN2O2/c1-24(2,3)18-12-8-16(9-13-18)22(28)26-20-6-4-5-7-21(20)27-23(29)17-10-14-19(25)15-11-17/h4-15H,1-3H3,(H,26,28)(H,27,29). The van der Waals surface area contributed by atoms with Crippen molar-refractivity contribution in [1.82, 2.24) is 0 Å². The molecule has 0 saturated carbocycles. The Labute approximate surface area is 169 Å². The molecule has 0 saturated heterocycles. The second kappa shape index (κ2) is 8.27. The van der Waals surface area contributed by atoms with Gasteiger partial charge in [-0.3, -0.25) is 9.59 Å². The molecule has 3 aromatic rings. The number of anilines is 2. The first-order valence-corrected chi connectivity index (χ1v) is 9.32. The number of hydrogen-bond donors (Lipinski definition) is 2. The highest BCUT2D eigenvalue weighted by atomic mass is 19.1. The zero-order valence-electron chi connectivity index (χ0n) is 16.6. The van der Waals surface area contributed by atoms with E-state index in [1.54, 1.807) is 36.4 Å². The lowest BCUT2D eigenvalue weighted by atomic mass is 9.87. The summed E-state index contributed by atoms with van der Waals surface area (Å²) >= 11 is 0. The van der Waals surface area contributed by atoms with E-state index in [-0.39, 0.29) is 17.2 Å². The van der Waals surface area contributed by atoms with E-state index in [0.29, 0.717) is 22.5 Å². The van der Waals surface area contributed by atoms with Gasteiger partial charge in [-0.2, -0.15) is 0 Å². The monoisotopic (exact) mass is 390 g/mol. The van der Waals surface area contributed by atoms with Crippen molar-refractivity contribution >= 4 is 23.2 Å². The lowest BCUT2D eigenvalue weighted by molar-refractivity contribution is 0.101. The summed E-state index contributed by atoms with van der Waals surface area (Å²) in [5.41, 5.74) is 2.94. The molecule has 0 heterocycles. The topological polar surface area (TPSA) is 58.2 Å². The summed E-state index contributed by atoms with van der Waals surface area (Å²) in [7, 11) is 0. The smallest absolute Gasteiger partial charge is 0.255 e. The van der Waals surface area contributed by atoms with Crippen molar-refractivity contribution in [1.29, 1.82) is 0 Å². The van der Waals surface area contributed by atoms with Gasteiger partial charge in [0.25, 0.3) is 11.8 Å². The Morgan fingerprint density at radius 2 is 1.10 bits per heavy atom. The fourth-order valence-electron chi connectivity index (χ4n) is 2.81. The average molecular weight is 390 g/mol. The SMILES string of the molecule is CC(C)(C)c1ccc(C(=O)Nc2ccccc2NC(=O)c2ccc(F)cc2)cc1. The maximum absolute atomic E-state index is 13.1. The second-order valence-corrected chi connectivity index (χ2v) is 7.79. The first-order valence-electron chi connectivity index (χ1n) is 9.32. The molecule has 3 aromatic carbocycles. The molecule has 2 amide bonds. The van der Waals surface area contributed by atoms with Gasteiger partial charge in [-0.1, -0.05) is 45.0 Å². The van der Waals surface area contributed by atoms with Gasteiger partial charge in [-0.15, -0.1) is 0 Å². The molecule has 0 unspecified atom stereocenters. The van der Waals surface area contributed by atoms with Crippen molar-refractivity contribution < 1.29 is 14.0 Å². The summed E-state index contributed by atoms with van der Waals surface area (Å²) in [6, 6.07) is 19.7. The van der Waals surface area contributed by atoms with Gasteiger partial charge < -0.3 is 10.6 Å². The minimum absolute atomic E-state index is 0.00619. The predicted molar refractivity (Wildman–Crippen MR) is 114 cm³/mol. The maximum Gasteiger partial charge on any atom is 0.255 e. The molecule has 0 radical (unpaired) electrons. The van der Waals surface area contributed by atoms with Crippen LogP contribution in [0, 0.1) is 5.82 Å². The van der Waals surface area contributed by atoms with Crippen molar-refractivity contribution in [3.05, 3.63) is 95.3 Å². The largest absolute Gasteiger partial charge is 0.320 e. The zero-order valence-corrected chi connectivity index (χ0v) is 16.6. The summed E-state index contributed by atoms with van der Waals surface area (Å²) in [6.07, 6.45) is 0. The highest BCUT2D eigenvalue weighted by Crippen LogP contribution is 2.24. The van der Waals surface area contributed by atoms with Crippen molar-refractivity contribution in [3.63, 3.8) is 0 Å². The molecule has 0 aliphatic carbocycles. The molecule has 0 aromatic heterocycles. The van der Waals surface area contributed by atoms with Crippen molar-refractivity contribution in [2.75, 3.05) is 10.6 Å². The van der Waals surface area contributed by atoms with Gasteiger partial charge in [0.2, 0.25) is 0 Å². The van der Waals surface area contributed by atoms with Crippen molar-refractivity contribution in [2.24, 2.45) is 0 Å². The van der Waals surface area contributed by atoms with Crippen LogP contribution in [-0.4, -0.2) is 11.8 Å². The molecule has 4 nitrogen and oxygen atoms in total. The number of carbonyl (C=O) groups excluding carboxylic acids is 2. The molecule has 148 valence electrons. The van der Waals surface area contributed by atoms with Crippen molar-refractivity contribution in [2.45, 2.75) is 26.2 Å². The summed E-state index contributed by atoms with van der Waals surface area (Å²) in [6.45, 7) is 6.34. The number of amides is 2. The molecule has 3 rings (SSSR count). The van der Waals surface area contributed by atoms with Crippen molar-refractivity contribution in [3.8, 4) is 0 Å². The number of halogens is 1. The molecule has 0 aliphatic rings. The van der Waals surface area contributed by atoms with Gasteiger partial charge in [0.1, 0.15) is 5.82 Å². The number of benzene rings is 3. The number of hydrogen-bond acceptors (Lipinski definition) is 2. The molecule has 29 heavy (non-hydrogen) atoms. The van der Waals surface area contributed by atoms with Gasteiger partial charge in [0.15, 0.2) is 0 Å². The minimum Gasteiger partial charge on any atom is -0.320 e. The normalized spacial score (nSPS) is 11.0. The second-order valence-electron chi connectivity index (χ2n) is 7.79. The van der Waals surface area contributed by atoms with E-state index < -0.39 is 5.82 Å². The Kier molecular flexibility index (Phi) is 5.78. The van der Waals surface area contributed by atoms with E-state index >= 15 is 0 Å². The van der Waals surface area contributed by atoms with Gasteiger partial charge in [0, 0.05) is 11.1 Å². The molecule has 0 bridgehead atoms. The van der Waals surface area contributed by atoms with E-state index in [4.69, 9.17) is 0 Å². The number of carbonyl (C=O) groups is 2. The van der Waals surface area contributed by atoms with Crippen LogP contribution < -0.4 is 10.6 Å². The van der Waals surface area contributed by atoms with E-state index in [1.165, 1.54) is 24.3 Å². The van der Waals surface area contributed by atoms with E-state index in [9.17, 15) is 14.0 Å². The molecule has 0 aliphatic heterocycles. The van der Waals surface area contributed by atoms with Gasteiger partial charge in [-0.05, 0) is 59.5 Å². The van der Waals surface area contributed by atoms with E-state index in [1.807, 2.05) is 12.1 Å². The summed E-state index contributed by atoms with van der Waals surface area (Å²) in [4.78, 5) is 25.1. The number of rotatable bonds is 4. The lowest BCUT2D eigenvalue weighted by Gasteiger charge is -2.19. The third-order valence-electron chi connectivity index (χ3n) is 4.54. The predicted octanol–water partition coefficient (Wildman–Crippen LogP) is 5.63. The van der Waals surface area contributed by atoms with Crippen LogP contribution in [0.15, 0.2) is 72.8 Å². The van der Waals surface area contributed by atoms with Crippen LogP contribution in [0.25, 0.3) is 0 Å². The molecule has 0 spiro atoms. The Morgan fingerprint density at radius 1 is 0.690 bits per heavy atom. The van der Waals surface area contributed by atoms with Gasteiger partial charge in [0.05, 0.1) is 11.4 Å². The summed E-state index contributed by atoms with van der Waals surface area (Å²) in [5.74, 6) is -1.07.